The SMILES string of the molecule is CC(C(=O)O)c1nc(N)c2ccc(C(F)(F)F)cc2n1. The third kappa shape index (κ3) is 2.49. The molecule has 1 atom stereocenters. The number of alkyl halides is 3. The van der Waals surface area contributed by atoms with Crippen LogP contribution in [0.1, 0.15) is 24.2 Å². The van der Waals surface area contributed by atoms with Crippen molar-refractivity contribution in [1.29, 1.82) is 0 Å². The standard InChI is InChI=1S/C12H10F3N3O2/c1-5(11(19)20)10-17-8-4-6(12(13,14)15)2-3-7(8)9(16)18-10/h2-5H,1H3,(H,19,20)(H2,16,17,18). The number of fused-ring (bicyclic) bond motifs is 1. The van der Waals surface area contributed by atoms with Crippen LogP contribution >= 0.6 is 0 Å². The molecule has 0 aliphatic heterocycles. The molecule has 1 heterocycles. The minimum atomic E-state index is -4.51. The van der Waals surface area contributed by atoms with Crippen LogP contribution in [0.25, 0.3) is 10.9 Å². The number of carbonyl (C=O) groups is 1. The van der Waals surface area contributed by atoms with Gasteiger partial charge in [0.25, 0.3) is 0 Å². The molecule has 0 bridgehead atoms. The van der Waals surface area contributed by atoms with E-state index in [1.165, 1.54) is 13.0 Å². The largest absolute Gasteiger partial charge is 0.481 e. The molecule has 0 spiro atoms. The number of benzene rings is 1. The molecule has 0 saturated carbocycles. The molecule has 1 aromatic carbocycles. The first-order valence-electron chi connectivity index (χ1n) is 5.57. The Hall–Kier alpha value is -2.38. The monoisotopic (exact) mass is 285 g/mol. The molecule has 2 rings (SSSR count). The Kier molecular flexibility index (Phi) is 3.24. The van der Waals surface area contributed by atoms with Crippen LogP contribution in [0.15, 0.2) is 18.2 Å². The maximum Gasteiger partial charge on any atom is 0.416 e. The van der Waals surface area contributed by atoms with Crippen LogP contribution in [-0.4, -0.2) is 21.0 Å². The summed E-state index contributed by atoms with van der Waals surface area (Å²) in [6.07, 6.45) is -4.51. The van der Waals surface area contributed by atoms with Crippen molar-refractivity contribution in [3.05, 3.63) is 29.6 Å². The van der Waals surface area contributed by atoms with E-state index >= 15 is 0 Å². The summed E-state index contributed by atoms with van der Waals surface area (Å²) in [5.41, 5.74) is 4.72. The second kappa shape index (κ2) is 4.62. The zero-order valence-corrected chi connectivity index (χ0v) is 10.3. The number of carboxylic acids is 1. The van der Waals surface area contributed by atoms with Crippen LogP contribution in [0.3, 0.4) is 0 Å². The number of aliphatic carboxylic acids is 1. The second-order valence-electron chi connectivity index (χ2n) is 4.26. The van der Waals surface area contributed by atoms with Gasteiger partial charge in [-0.1, -0.05) is 0 Å². The average Bonchev–Trinajstić information content (AvgIpc) is 2.35. The summed E-state index contributed by atoms with van der Waals surface area (Å²) in [7, 11) is 0. The topological polar surface area (TPSA) is 89.1 Å². The van der Waals surface area contributed by atoms with Gasteiger partial charge < -0.3 is 10.8 Å². The highest BCUT2D eigenvalue weighted by molar-refractivity contribution is 5.89. The van der Waals surface area contributed by atoms with Gasteiger partial charge in [0.05, 0.1) is 11.1 Å². The van der Waals surface area contributed by atoms with Crippen molar-refractivity contribution in [2.75, 3.05) is 5.73 Å². The fourth-order valence-electron chi connectivity index (χ4n) is 1.65. The molecule has 0 radical (unpaired) electrons. The van der Waals surface area contributed by atoms with Gasteiger partial charge in [-0.2, -0.15) is 13.2 Å². The van der Waals surface area contributed by atoms with E-state index in [9.17, 15) is 18.0 Å². The fourth-order valence-corrected chi connectivity index (χ4v) is 1.65. The summed E-state index contributed by atoms with van der Waals surface area (Å²) in [5, 5.41) is 9.13. The van der Waals surface area contributed by atoms with Crippen molar-refractivity contribution >= 4 is 22.7 Å². The van der Waals surface area contributed by atoms with Crippen LogP contribution in [0.2, 0.25) is 0 Å². The summed E-state index contributed by atoms with van der Waals surface area (Å²) in [6.45, 7) is 1.33. The summed E-state index contributed by atoms with van der Waals surface area (Å²) < 4.78 is 37.9. The number of hydrogen-bond donors (Lipinski definition) is 2. The van der Waals surface area contributed by atoms with Crippen molar-refractivity contribution in [1.82, 2.24) is 9.97 Å². The fraction of sp³-hybridized carbons (Fsp3) is 0.250. The molecule has 0 aliphatic rings. The maximum atomic E-state index is 12.6. The number of nitrogens with zero attached hydrogens (tertiary/aromatic N) is 2. The maximum absolute atomic E-state index is 12.6. The Bertz CT molecular complexity index is 685. The summed E-state index contributed by atoms with van der Waals surface area (Å²) in [4.78, 5) is 18.6. The molecule has 2 aromatic rings. The second-order valence-corrected chi connectivity index (χ2v) is 4.26. The lowest BCUT2D eigenvalue weighted by Crippen LogP contribution is -2.13. The van der Waals surface area contributed by atoms with Crippen LogP contribution in [0.5, 0.6) is 0 Å². The highest BCUT2D eigenvalue weighted by Crippen LogP contribution is 2.32. The van der Waals surface area contributed by atoms with Crippen molar-refractivity contribution < 1.29 is 23.1 Å². The number of rotatable bonds is 2. The van der Waals surface area contributed by atoms with Gasteiger partial charge in [0.2, 0.25) is 0 Å². The lowest BCUT2D eigenvalue weighted by atomic mass is 10.1. The molecule has 106 valence electrons. The molecule has 0 fully saturated rings. The van der Waals surface area contributed by atoms with E-state index in [0.29, 0.717) is 0 Å². The highest BCUT2D eigenvalue weighted by Gasteiger charge is 2.31. The van der Waals surface area contributed by atoms with E-state index in [-0.39, 0.29) is 22.5 Å². The number of carboxylic acid groups (broad SMARTS) is 1. The highest BCUT2D eigenvalue weighted by atomic mass is 19.4. The number of halogens is 3. The first kappa shape index (κ1) is 14.0. The Morgan fingerprint density at radius 1 is 1.35 bits per heavy atom. The van der Waals surface area contributed by atoms with Gasteiger partial charge in [-0.3, -0.25) is 4.79 Å². The third-order valence-corrected chi connectivity index (χ3v) is 2.83. The molecule has 8 heteroatoms. The van der Waals surface area contributed by atoms with Gasteiger partial charge in [-0.15, -0.1) is 0 Å². The van der Waals surface area contributed by atoms with Gasteiger partial charge in [0, 0.05) is 5.39 Å². The van der Waals surface area contributed by atoms with E-state index in [2.05, 4.69) is 9.97 Å². The molecule has 5 nitrogen and oxygen atoms in total. The summed E-state index contributed by atoms with van der Waals surface area (Å²) in [6, 6.07) is 2.87. The predicted octanol–water partition coefficient (Wildman–Crippen LogP) is 2.42. The lowest BCUT2D eigenvalue weighted by Gasteiger charge is -2.11. The molecule has 0 aliphatic carbocycles. The number of nitrogens with two attached hydrogens (primary N) is 1. The van der Waals surface area contributed by atoms with Gasteiger partial charge in [0.15, 0.2) is 0 Å². The smallest absolute Gasteiger partial charge is 0.416 e. The van der Waals surface area contributed by atoms with Gasteiger partial charge in [0.1, 0.15) is 17.6 Å². The van der Waals surface area contributed by atoms with Gasteiger partial charge in [-0.25, -0.2) is 9.97 Å². The van der Waals surface area contributed by atoms with Crippen LogP contribution in [0, 0.1) is 0 Å². The zero-order valence-electron chi connectivity index (χ0n) is 10.3. The number of anilines is 1. The number of hydrogen-bond acceptors (Lipinski definition) is 4. The van der Waals surface area contributed by atoms with Crippen LogP contribution < -0.4 is 5.73 Å². The van der Waals surface area contributed by atoms with E-state index in [1.54, 1.807) is 0 Å². The summed E-state index contributed by atoms with van der Waals surface area (Å²) >= 11 is 0. The molecule has 1 aromatic heterocycles. The van der Waals surface area contributed by atoms with E-state index in [4.69, 9.17) is 10.8 Å². The van der Waals surface area contributed by atoms with Gasteiger partial charge >= 0.3 is 12.1 Å². The molecule has 0 saturated heterocycles. The predicted molar refractivity (Wildman–Crippen MR) is 65.0 cm³/mol. The molecular formula is C12H10F3N3O2. The Morgan fingerprint density at radius 2 is 2.00 bits per heavy atom. The normalized spacial score (nSPS) is 13.4. The Balaban J connectivity index is 2.64. The molecule has 0 amide bonds. The minimum absolute atomic E-state index is 0.0320. The molecule has 20 heavy (non-hydrogen) atoms. The lowest BCUT2D eigenvalue weighted by molar-refractivity contribution is -0.139. The molecule has 3 N–H and O–H groups in total. The first-order valence-corrected chi connectivity index (χ1v) is 5.57. The van der Waals surface area contributed by atoms with Crippen LogP contribution in [-0.2, 0) is 11.0 Å². The number of aromatic nitrogens is 2. The van der Waals surface area contributed by atoms with E-state index in [0.717, 1.165) is 12.1 Å². The van der Waals surface area contributed by atoms with Crippen LogP contribution in [0.4, 0.5) is 19.0 Å². The average molecular weight is 285 g/mol. The van der Waals surface area contributed by atoms with Crippen molar-refractivity contribution in [3.8, 4) is 0 Å². The Morgan fingerprint density at radius 3 is 2.55 bits per heavy atom. The summed E-state index contributed by atoms with van der Waals surface area (Å²) in [5.74, 6) is -2.42. The van der Waals surface area contributed by atoms with Gasteiger partial charge in [-0.05, 0) is 25.1 Å². The Labute approximate surface area is 111 Å². The minimum Gasteiger partial charge on any atom is -0.481 e. The van der Waals surface area contributed by atoms with Crippen molar-refractivity contribution in [3.63, 3.8) is 0 Å². The molecular weight excluding hydrogens is 275 g/mol. The number of nitrogen functional groups attached to an aromatic ring is 1. The first-order chi connectivity index (χ1) is 9.20. The van der Waals surface area contributed by atoms with E-state index < -0.39 is 23.6 Å². The van der Waals surface area contributed by atoms with E-state index in [1.807, 2.05) is 0 Å². The quantitative estimate of drug-likeness (QED) is 0.884. The third-order valence-electron chi connectivity index (χ3n) is 2.83. The van der Waals surface area contributed by atoms with Crippen molar-refractivity contribution in [2.24, 2.45) is 0 Å². The van der Waals surface area contributed by atoms with Crippen molar-refractivity contribution in [2.45, 2.75) is 19.0 Å². The zero-order chi connectivity index (χ0) is 15.1. The molecule has 1 unspecified atom stereocenters.